The van der Waals surface area contributed by atoms with E-state index in [1.54, 1.807) is 0 Å². The van der Waals surface area contributed by atoms with Crippen molar-refractivity contribution in [2.24, 2.45) is 16.3 Å². The van der Waals surface area contributed by atoms with E-state index in [2.05, 4.69) is 10.5 Å². The van der Waals surface area contributed by atoms with Crippen LogP contribution in [0.1, 0.15) is 53.9 Å². The Hall–Kier alpha value is -1.30. The second-order valence-corrected chi connectivity index (χ2v) is 6.01. The van der Waals surface area contributed by atoms with Gasteiger partial charge in [-0.2, -0.15) is 0 Å². The van der Waals surface area contributed by atoms with Gasteiger partial charge in [-0.05, 0) is 40.2 Å². The number of nitrogens with two attached hydrogens (primary N) is 1. The predicted molar refractivity (Wildman–Crippen MR) is 86.4 cm³/mol. The zero-order chi connectivity index (χ0) is 16.5. The summed E-state index contributed by atoms with van der Waals surface area (Å²) in [6.07, 6.45) is 2.77. The Morgan fingerprint density at radius 1 is 1.33 bits per heavy atom. The first-order valence-corrected chi connectivity index (χ1v) is 7.80. The number of hydrogen-bond donors (Lipinski definition) is 3. The molecule has 0 spiro atoms. The largest absolute Gasteiger partial charge is 0.409 e. The molecule has 1 unspecified atom stereocenters. The SMILES string of the molecule is CCN(CC)C(=O)C(C)NCCCCC(C)(C)C(N)=NO. The molecule has 1 atom stereocenters. The lowest BCUT2D eigenvalue weighted by atomic mass is 9.86. The molecule has 1 amide bonds. The average Bonchev–Trinajstić information content (AvgIpc) is 2.46. The number of hydrogen-bond acceptors (Lipinski definition) is 4. The number of carbonyl (C=O) groups is 1. The summed E-state index contributed by atoms with van der Waals surface area (Å²) in [6.45, 7) is 12.1. The van der Waals surface area contributed by atoms with E-state index in [0.717, 1.165) is 38.9 Å². The Kier molecular flexibility index (Phi) is 9.01. The number of amidine groups is 1. The van der Waals surface area contributed by atoms with Crippen molar-refractivity contribution in [2.75, 3.05) is 19.6 Å². The van der Waals surface area contributed by atoms with Crippen molar-refractivity contribution in [3.05, 3.63) is 0 Å². The van der Waals surface area contributed by atoms with Crippen LogP contribution in [0.2, 0.25) is 0 Å². The third kappa shape index (κ3) is 6.80. The van der Waals surface area contributed by atoms with Crippen LogP contribution < -0.4 is 11.1 Å². The van der Waals surface area contributed by atoms with E-state index in [1.165, 1.54) is 0 Å². The third-order valence-electron chi connectivity index (χ3n) is 3.93. The molecule has 0 aliphatic carbocycles. The molecule has 0 aromatic carbocycles. The minimum absolute atomic E-state index is 0.150. The fourth-order valence-corrected chi connectivity index (χ4v) is 2.17. The van der Waals surface area contributed by atoms with E-state index in [-0.39, 0.29) is 23.2 Å². The van der Waals surface area contributed by atoms with Gasteiger partial charge in [0.1, 0.15) is 5.84 Å². The summed E-state index contributed by atoms with van der Waals surface area (Å²) < 4.78 is 0. The molecular weight excluding hydrogens is 268 g/mol. The van der Waals surface area contributed by atoms with Crippen molar-refractivity contribution in [2.45, 2.75) is 59.9 Å². The number of nitrogens with zero attached hydrogens (tertiary/aromatic N) is 2. The Labute approximate surface area is 128 Å². The summed E-state index contributed by atoms with van der Waals surface area (Å²) in [4.78, 5) is 13.9. The van der Waals surface area contributed by atoms with Crippen molar-refractivity contribution in [3.63, 3.8) is 0 Å². The van der Waals surface area contributed by atoms with Crippen LogP contribution in [-0.2, 0) is 4.79 Å². The molecule has 0 aromatic heterocycles. The van der Waals surface area contributed by atoms with Gasteiger partial charge >= 0.3 is 0 Å². The number of rotatable bonds is 10. The number of likely N-dealkylation sites (N-methyl/N-ethyl adjacent to an activating group) is 1. The summed E-state index contributed by atoms with van der Waals surface area (Å²) in [5, 5.41) is 15.1. The molecule has 0 fully saturated rings. The van der Waals surface area contributed by atoms with Crippen molar-refractivity contribution in [1.29, 1.82) is 0 Å². The van der Waals surface area contributed by atoms with Crippen molar-refractivity contribution in [1.82, 2.24) is 10.2 Å². The Balaban J connectivity index is 3.98. The Morgan fingerprint density at radius 2 is 1.90 bits per heavy atom. The molecule has 0 heterocycles. The molecule has 0 rings (SSSR count). The molecule has 0 aliphatic rings. The maximum absolute atomic E-state index is 12.1. The molecule has 6 heteroatoms. The lowest BCUT2D eigenvalue weighted by Crippen LogP contribution is -2.45. The first kappa shape index (κ1) is 19.7. The smallest absolute Gasteiger partial charge is 0.239 e. The van der Waals surface area contributed by atoms with E-state index in [1.807, 2.05) is 39.5 Å². The van der Waals surface area contributed by atoms with E-state index in [4.69, 9.17) is 10.9 Å². The maximum Gasteiger partial charge on any atom is 0.239 e. The minimum Gasteiger partial charge on any atom is -0.409 e. The van der Waals surface area contributed by atoms with Crippen molar-refractivity contribution < 1.29 is 10.0 Å². The van der Waals surface area contributed by atoms with Gasteiger partial charge in [0.15, 0.2) is 0 Å². The molecule has 0 radical (unpaired) electrons. The normalized spacial score (nSPS) is 14.0. The van der Waals surface area contributed by atoms with Gasteiger partial charge in [-0.3, -0.25) is 4.79 Å². The molecule has 4 N–H and O–H groups in total. The zero-order valence-electron chi connectivity index (χ0n) is 14.1. The second kappa shape index (κ2) is 9.60. The monoisotopic (exact) mass is 300 g/mol. The van der Waals surface area contributed by atoms with Gasteiger partial charge in [-0.1, -0.05) is 25.4 Å². The molecule has 6 nitrogen and oxygen atoms in total. The molecule has 124 valence electrons. The predicted octanol–water partition coefficient (Wildman–Crippen LogP) is 1.78. The van der Waals surface area contributed by atoms with Gasteiger partial charge in [-0.15, -0.1) is 0 Å². The van der Waals surface area contributed by atoms with Crippen LogP contribution in [-0.4, -0.2) is 47.5 Å². The van der Waals surface area contributed by atoms with Gasteiger partial charge in [0, 0.05) is 18.5 Å². The lowest BCUT2D eigenvalue weighted by Gasteiger charge is -2.24. The summed E-state index contributed by atoms with van der Waals surface area (Å²) >= 11 is 0. The first-order chi connectivity index (χ1) is 9.80. The standard InChI is InChI=1S/C15H32N4O2/c1-6-19(7-2)13(20)12(3)17-11-9-8-10-15(4,5)14(16)18-21/h12,17,21H,6-11H2,1-5H3,(H2,16,18). The summed E-state index contributed by atoms with van der Waals surface area (Å²) in [6, 6.07) is -0.151. The average molecular weight is 300 g/mol. The molecule has 0 bridgehead atoms. The topological polar surface area (TPSA) is 91.0 Å². The molecule has 0 saturated carbocycles. The van der Waals surface area contributed by atoms with E-state index >= 15 is 0 Å². The quantitative estimate of drug-likeness (QED) is 0.188. The summed E-state index contributed by atoms with van der Waals surface area (Å²) in [5.41, 5.74) is 5.36. The van der Waals surface area contributed by atoms with Crippen molar-refractivity contribution in [3.8, 4) is 0 Å². The molecular formula is C15H32N4O2. The fourth-order valence-electron chi connectivity index (χ4n) is 2.17. The highest BCUT2D eigenvalue weighted by atomic mass is 16.4. The summed E-state index contributed by atoms with van der Waals surface area (Å²) in [7, 11) is 0. The number of nitrogens with one attached hydrogen (secondary N) is 1. The van der Waals surface area contributed by atoms with Crippen LogP contribution in [0, 0.1) is 5.41 Å². The number of carbonyl (C=O) groups excluding carboxylic acids is 1. The van der Waals surface area contributed by atoms with Crippen LogP contribution >= 0.6 is 0 Å². The van der Waals surface area contributed by atoms with Crippen molar-refractivity contribution >= 4 is 11.7 Å². The second-order valence-electron chi connectivity index (χ2n) is 6.01. The van der Waals surface area contributed by atoms with E-state index in [9.17, 15) is 4.79 Å². The minimum atomic E-state index is -0.294. The van der Waals surface area contributed by atoms with Gasteiger partial charge in [0.2, 0.25) is 5.91 Å². The first-order valence-electron chi connectivity index (χ1n) is 7.80. The zero-order valence-corrected chi connectivity index (χ0v) is 14.1. The number of amides is 1. The Bertz CT molecular complexity index is 339. The maximum atomic E-state index is 12.1. The van der Waals surface area contributed by atoms with Gasteiger partial charge in [0.25, 0.3) is 0 Å². The lowest BCUT2D eigenvalue weighted by molar-refractivity contribution is -0.132. The van der Waals surface area contributed by atoms with Gasteiger partial charge < -0.3 is 21.2 Å². The molecule has 0 aromatic rings. The van der Waals surface area contributed by atoms with E-state index < -0.39 is 0 Å². The molecule has 0 saturated heterocycles. The number of oxime groups is 1. The number of unbranched alkanes of at least 4 members (excludes halogenated alkanes) is 1. The van der Waals surface area contributed by atoms with Gasteiger partial charge in [0.05, 0.1) is 6.04 Å². The molecule has 21 heavy (non-hydrogen) atoms. The van der Waals surface area contributed by atoms with E-state index in [0.29, 0.717) is 0 Å². The Morgan fingerprint density at radius 3 is 2.38 bits per heavy atom. The fraction of sp³-hybridized carbons (Fsp3) is 0.867. The van der Waals surface area contributed by atoms with Gasteiger partial charge in [-0.25, -0.2) is 0 Å². The van der Waals surface area contributed by atoms with Crippen LogP contribution in [0.3, 0.4) is 0 Å². The van der Waals surface area contributed by atoms with Crippen LogP contribution in [0.25, 0.3) is 0 Å². The highest BCUT2D eigenvalue weighted by Gasteiger charge is 2.23. The third-order valence-corrected chi connectivity index (χ3v) is 3.93. The van der Waals surface area contributed by atoms with Crippen LogP contribution in [0.4, 0.5) is 0 Å². The highest BCUT2D eigenvalue weighted by molar-refractivity contribution is 5.85. The van der Waals surface area contributed by atoms with Crippen LogP contribution in [0.5, 0.6) is 0 Å². The van der Waals surface area contributed by atoms with Crippen LogP contribution in [0.15, 0.2) is 5.16 Å². The molecule has 0 aliphatic heterocycles. The highest BCUT2D eigenvalue weighted by Crippen LogP contribution is 2.23. The summed E-state index contributed by atoms with van der Waals surface area (Å²) in [5.74, 6) is 0.414.